The summed E-state index contributed by atoms with van der Waals surface area (Å²) in [6, 6.07) is 22.7. The lowest BCUT2D eigenvalue weighted by molar-refractivity contribution is 0.0933. The number of amides is 1. The van der Waals surface area contributed by atoms with Gasteiger partial charge in [-0.2, -0.15) is 0 Å². The Bertz CT molecular complexity index is 1220. The molecule has 4 rings (SSSR count). The topological polar surface area (TPSA) is 71.9 Å². The van der Waals surface area contributed by atoms with E-state index in [2.05, 4.69) is 15.3 Å². The molecule has 2 N–H and O–H groups in total. The molecule has 2 aromatic heterocycles. The molecule has 0 saturated heterocycles. The van der Waals surface area contributed by atoms with Crippen molar-refractivity contribution in [3.63, 3.8) is 0 Å². The number of aromatic amines is 1. The minimum absolute atomic E-state index is 0.219. The lowest BCUT2D eigenvalue weighted by Gasteiger charge is -2.16. The van der Waals surface area contributed by atoms with E-state index in [-0.39, 0.29) is 11.9 Å². The molecular weight excluding hydrogens is 408 g/mol. The minimum Gasteiger partial charge on any atom is -0.487 e. The fourth-order valence-corrected chi connectivity index (χ4v) is 3.50. The number of rotatable bonds is 7. The van der Waals surface area contributed by atoms with Crippen LogP contribution >= 0.6 is 12.2 Å². The Kier molecular flexibility index (Phi) is 6.24. The van der Waals surface area contributed by atoms with Gasteiger partial charge in [0.2, 0.25) is 0 Å². The lowest BCUT2D eigenvalue weighted by Crippen LogP contribution is -2.28. The number of nitrogens with one attached hydrogen (secondary N) is 2. The second-order valence-electron chi connectivity index (χ2n) is 7.03. The SMILES string of the molecule is CC(NC(=O)c1c[nH]c(=S)n1-c1ccccc1)c1cccc(OCc2ccccn2)c1. The molecule has 4 aromatic rings. The van der Waals surface area contributed by atoms with Crippen LogP contribution in [0.1, 0.15) is 34.7 Å². The van der Waals surface area contributed by atoms with E-state index in [4.69, 9.17) is 17.0 Å². The smallest absolute Gasteiger partial charge is 0.270 e. The van der Waals surface area contributed by atoms with Crippen molar-refractivity contribution in [1.82, 2.24) is 19.9 Å². The summed E-state index contributed by atoms with van der Waals surface area (Å²) >= 11 is 5.37. The average Bonchev–Trinajstić information content (AvgIpc) is 3.20. The summed E-state index contributed by atoms with van der Waals surface area (Å²) in [5.74, 6) is 0.501. The van der Waals surface area contributed by atoms with Gasteiger partial charge in [-0.1, -0.05) is 36.4 Å². The molecule has 0 radical (unpaired) electrons. The van der Waals surface area contributed by atoms with Crippen molar-refractivity contribution in [2.24, 2.45) is 0 Å². The maximum Gasteiger partial charge on any atom is 0.270 e. The largest absolute Gasteiger partial charge is 0.487 e. The van der Waals surface area contributed by atoms with E-state index in [1.165, 1.54) is 0 Å². The van der Waals surface area contributed by atoms with Crippen molar-refractivity contribution in [1.29, 1.82) is 0 Å². The fourth-order valence-electron chi connectivity index (χ4n) is 3.24. The van der Waals surface area contributed by atoms with E-state index in [0.29, 0.717) is 17.1 Å². The van der Waals surface area contributed by atoms with Gasteiger partial charge in [0, 0.05) is 18.1 Å². The van der Waals surface area contributed by atoms with E-state index in [9.17, 15) is 4.79 Å². The van der Waals surface area contributed by atoms with Gasteiger partial charge in [-0.25, -0.2) is 0 Å². The number of carbonyl (C=O) groups is 1. The highest BCUT2D eigenvalue weighted by atomic mass is 32.1. The molecule has 2 aromatic carbocycles. The van der Waals surface area contributed by atoms with Gasteiger partial charge >= 0.3 is 0 Å². The number of ether oxygens (including phenoxy) is 1. The quantitative estimate of drug-likeness (QED) is 0.405. The van der Waals surface area contributed by atoms with Crippen LogP contribution in [0.4, 0.5) is 0 Å². The number of carbonyl (C=O) groups excluding carboxylic acids is 1. The van der Waals surface area contributed by atoms with E-state index in [0.717, 1.165) is 22.7 Å². The summed E-state index contributed by atoms with van der Waals surface area (Å²) in [6.45, 7) is 2.32. The first-order chi connectivity index (χ1) is 15.1. The Morgan fingerprint density at radius 2 is 1.94 bits per heavy atom. The maximum atomic E-state index is 13.0. The van der Waals surface area contributed by atoms with Gasteiger partial charge in [0.1, 0.15) is 18.1 Å². The summed E-state index contributed by atoms with van der Waals surface area (Å²) in [5, 5.41) is 3.04. The predicted octanol–water partition coefficient (Wildman–Crippen LogP) is 5.00. The molecule has 1 amide bonds. The van der Waals surface area contributed by atoms with Crippen LogP contribution in [0.25, 0.3) is 5.69 Å². The van der Waals surface area contributed by atoms with Crippen LogP contribution in [0.5, 0.6) is 5.75 Å². The van der Waals surface area contributed by atoms with Crippen molar-refractivity contribution in [3.05, 3.63) is 107 Å². The Labute approximate surface area is 185 Å². The van der Waals surface area contributed by atoms with Gasteiger partial charge in [0.05, 0.1) is 11.7 Å². The summed E-state index contributed by atoms with van der Waals surface area (Å²) in [5.41, 5.74) is 3.07. The Balaban J connectivity index is 1.47. The number of hydrogen-bond acceptors (Lipinski definition) is 4. The van der Waals surface area contributed by atoms with Gasteiger partial charge in [0.15, 0.2) is 4.77 Å². The molecule has 0 aliphatic carbocycles. The average molecular weight is 431 g/mol. The lowest BCUT2D eigenvalue weighted by atomic mass is 10.1. The van der Waals surface area contributed by atoms with Crippen molar-refractivity contribution in [2.45, 2.75) is 19.6 Å². The van der Waals surface area contributed by atoms with Crippen LogP contribution in [0.15, 0.2) is 85.2 Å². The molecule has 7 heteroatoms. The molecule has 0 aliphatic rings. The number of hydrogen-bond donors (Lipinski definition) is 2. The molecule has 6 nitrogen and oxygen atoms in total. The van der Waals surface area contributed by atoms with Crippen LogP contribution in [0.2, 0.25) is 0 Å². The Morgan fingerprint density at radius 3 is 2.71 bits per heavy atom. The number of nitrogens with zero attached hydrogens (tertiary/aromatic N) is 2. The molecular formula is C24H22N4O2S. The summed E-state index contributed by atoms with van der Waals surface area (Å²) in [7, 11) is 0. The fraction of sp³-hybridized carbons (Fsp3) is 0.125. The summed E-state index contributed by atoms with van der Waals surface area (Å²) in [6.07, 6.45) is 3.37. The minimum atomic E-state index is -0.224. The van der Waals surface area contributed by atoms with Crippen LogP contribution in [0.3, 0.4) is 0 Å². The van der Waals surface area contributed by atoms with E-state index in [1.54, 1.807) is 17.0 Å². The van der Waals surface area contributed by atoms with Crippen LogP contribution < -0.4 is 10.1 Å². The first kappa shape index (κ1) is 20.6. The molecule has 0 fully saturated rings. The number of para-hydroxylation sites is 1. The van der Waals surface area contributed by atoms with Crippen molar-refractivity contribution < 1.29 is 9.53 Å². The van der Waals surface area contributed by atoms with Crippen LogP contribution in [-0.2, 0) is 6.61 Å². The molecule has 0 spiro atoms. The Hall–Kier alpha value is -3.71. The molecule has 31 heavy (non-hydrogen) atoms. The second kappa shape index (κ2) is 9.40. The number of H-pyrrole nitrogens is 1. The van der Waals surface area contributed by atoms with Crippen LogP contribution in [-0.4, -0.2) is 20.4 Å². The first-order valence-electron chi connectivity index (χ1n) is 9.91. The summed E-state index contributed by atoms with van der Waals surface area (Å²) in [4.78, 5) is 20.2. The molecule has 0 aliphatic heterocycles. The number of pyridine rings is 1. The zero-order valence-electron chi connectivity index (χ0n) is 17.0. The molecule has 1 atom stereocenters. The zero-order chi connectivity index (χ0) is 21.6. The van der Waals surface area contributed by atoms with Crippen molar-refractivity contribution in [3.8, 4) is 11.4 Å². The molecule has 0 saturated carbocycles. The van der Waals surface area contributed by atoms with E-state index < -0.39 is 0 Å². The molecule has 0 bridgehead atoms. The Morgan fingerprint density at radius 1 is 1.13 bits per heavy atom. The van der Waals surface area contributed by atoms with E-state index >= 15 is 0 Å². The highest BCUT2D eigenvalue weighted by molar-refractivity contribution is 7.71. The summed E-state index contributed by atoms with van der Waals surface area (Å²) < 4.78 is 8.05. The van der Waals surface area contributed by atoms with Crippen LogP contribution in [0, 0.1) is 4.77 Å². The zero-order valence-corrected chi connectivity index (χ0v) is 17.8. The second-order valence-corrected chi connectivity index (χ2v) is 7.41. The first-order valence-corrected chi connectivity index (χ1v) is 10.3. The van der Waals surface area contributed by atoms with Crippen molar-refractivity contribution >= 4 is 18.1 Å². The third kappa shape index (κ3) is 4.90. The third-order valence-corrected chi connectivity index (χ3v) is 5.14. The van der Waals surface area contributed by atoms with E-state index in [1.807, 2.05) is 79.7 Å². The van der Waals surface area contributed by atoms with Crippen molar-refractivity contribution in [2.75, 3.05) is 0 Å². The monoisotopic (exact) mass is 430 g/mol. The number of benzene rings is 2. The van der Waals surface area contributed by atoms with Gasteiger partial charge in [-0.15, -0.1) is 0 Å². The molecule has 2 heterocycles. The van der Waals surface area contributed by atoms with Gasteiger partial charge < -0.3 is 15.0 Å². The third-order valence-electron chi connectivity index (χ3n) is 4.84. The van der Waals surface area contributed by atoms with Gasteiger partial charge in [-0.05, 0) is 61.1 Å². The standard InChI is InChI=1S/C24H22N4O2S/c1-17(18-8-7-12-21(14-18)30-16-19-9-5-6-13-25-19)27-23(29)22-15-26-24(31)28(22)20-10-3-2-4-11-20/h2-15,17H,16H2,1H3,(H,26,31)(H,27,29). The number of aromatic nitrogens is 3. The highest BCUT2D eigenvalue weighted by Crippen LogP contribution is 2.21. The molecule has 1 unspecified atom stereocenters. The number of imidazole rings is 1. The van der Waals surface area contributed by atoms with Gasteiger partial charge in [0.25, 0.3) is 5.91 Å². The highest BCUT2D eigenvalue weighted by Gasteiger charge is 2.17. The van der Waals surface area contributed by atoms with Gasteiger partial charge in [-0.3, -0.25) is 14.3 Å². The maximum absolute atomic E-state index is 13.0. The normalized spacial score (nSPS) is 11.6. The predicted molar refractivity (Wildman–Crippen MR) is 122 cm³/mol. The molecule has 156 valence electrons.